The second-order valence-electron chi connectivity index (χ2n) is 4.63. The molecule has 0 bridgehead atoms. The first-order valence-corrected chi connectivity index (χ1v) is 8.56. The summed E-state index contributed by atoms with van der Waals surface area (Å²) in [5.41, 5.74) is 3.16. The van der Waals surface area contributed by atoms with Gasteiger partial charge in [-0.2, -0.15) is 0 Å². The summed E-state index contributed by atoms with van der Waals surface area (Å²) in [6, 6.07) is 1.88. The van der Waals surface area contributed by atoms with Crippen LogP contribution in [0.5, 0.6) is 0 Å². The van der Waals surface area contributed by atoms with Crippen molar-refractivity contribution in [3.8, 4) is 0 Å². The SMILES string of the molecule is O=C(Cn1cnc2c1CCCC2)c1cc(Br)sc1Br. The van der Waals surface area contributed by atoms with Crippen LogP contribution < -0.4 is 0 Å². The summed E-state index contributed by atoms with van der Waals surface area (Å²) in [7, 11) is 0. The number of hydrogen-bond donors (Lipinski definition) is 0. The van der Waals surface area contributed by atoms with E-state index in [1.807, 2.05) is 17.0 Å². The van der Waals surface area contributed by atoms with Gasteiger partial charge in [0, 0.05) is 11.3 Å². The van der Waals surface area contributed by atoms with E-state index in [0.29, 0.717) is 6.54 Å². The summed E-state index contributed by atoms with van der Waals surface area (Å²) in [6.07, 6.45) is 6.30. The number of fused-ring (bicyclic) bond motifs is 1. The van der Waals surface area contributed by atoms with Crippen LogP contribution in [0.25, 0.3) is 0 Å². The first kappa shape index (κ1) is 13.5. The van der Waals surface area contributed by atoms with Gasteiger partial charge in [0.25, 0.3) is 0 Å². The summed E-state index contributed by atoms with van der Waals surface area (Å²) < 4.78 is 3.86. The highest BCUT2D eigenvalue weighted by Crippen LogP contribution is 2.32. The van der Waals surface area contributed by atoms with Gasteiger partial charge in [0.2, 0.25) is 0 Å². The Bertz CT molecular complexity index is 633. The maximum Gasteiger partial charge on any atom is 0.184 e. The van der Waals surface area contributed by atoms with E-state index in [1.54, 1.807) is 0 Å². The van der Waals surface area contributed by atoms with Gasteiger partial charge in [-0.15, -0.1) is 11.3 Å². The summed E-state index contributed by atoms with van der Waals surface area (Å²) >= 11 is 8.37. The second-order valence-corrected chi connectivity index (χ2v) is 8.38. The van der Waals surface area contributed by atoms with Gasteiger partial charge in [-0.05, 0) is 63.6 Å². The molecule has 0 spiro atoms. The lowest BCUT2D eigenvalue weighted by atomic mass is 10.0. The zero-order valence-electron chi connectivity index (χ0n) is 10.2. The van der Waals surface area contributed by atoms with E-state index in [9.17, 15) is 4.79 Å². The predicted molar refractivity (Wildman–Crippen MR) is 82.9 cm³/mol. The predicted octanol–water partition coefficient (Wildman–Crippen LogP) is 4.23. The molecule has 0 amide bonds. The van der Waals surface area contributed by atoms with E-state index in [-0.39, 0.29) is 5.78 Å². The number of halogens is 2. The van der Waals surface area contributed by atoms with Gasteiger partial charge >= 0.3 is 0 Å². The average Bonchev–Trinajstić information content (AvgIpc) is 2.94. The minimum Gasteiger partial charge on any atom is -0.327 e. The molecule has 19 heavy (non-hydrogen) atoms. The number of hydrogen-bond acceptors (Lipinski definition) is 3. The molecule has 0 radical (unpaired) electrons. The van der Waals surface area contributed by atoms with Crippen LogP contribution in [0.3, 0.4) is 0 Å². The summed E-state index contributed by atoms with van der Waals surface area (Å²) in [4.78, 5) is 16.8. The largest absolute Gasteiger partial charge is 0.327 e. The van der Waals surface area contributed by atoms with Crippen molar-refractivity contribution in [3.05, 3.63) is 36.9 Å². The van der Waals surface area contributed by atoms with E-state index in [0.717, 1.165) is 26.0 Å². The highest BCUT2D eigenvalue weighted by molar-refractivity contribution is 9.12. The van der Waals surface area contributed by atoms with Crippen molar-refractivity contribution >= 4 is 49.0 Å². The minimum atomic E-state index is 0.125. The van der Waals surface area contributed by atoms with Gasteiger partial charge in [0.1, 0.15) is 0 Å². The molecule has 0 saturated heterocycles. The number of Topliss-reactive ketones (excluding diaryl/α,β-unsaturated/α-hetero) is 1. The zero-order valence-corrected chi connectivity index (χ0v) is 14.1. The van der Waals surface area contributed by atoms with E-state index in [1.165, 1.54) is 35.6 Å². The van der Waals surface area contributed by atoms with Gasteiger partial charge in [0.15, 0.2) is 5.78 Å². The lowest BCUT2D eigenvalue weighted by Gasteiger charge is -2.13. The lowest BCUT2D eigenvalue weighted by Crippen LogP contribution is -2.14. The first-order chi connectivity index (χ1) is 9.15. The van der Waals surface area contributed by atoms with Crippen molar-refractivity contribution in [1.29, 1.82) is 0 Å². The second kappa shape index (κ2) is 5.50. The molecule has 1 aliphatic carbocycles. The first-order valence-electron chi connectivity index (χ1n) is 6.16. The van der Waals surface area contributed by atoms with Crippen LogP contribution in [-0.4, -0.2) is 15.3 Å². The normalized spacial score (nSPS) is 14.4. The average molecular weight is 404 g/mol. The summed E-state index contributed by atoms with van der Waals surface area (Å²) in [5, 5.41) is 0. The molecule has 100 valence electrons. The third-order valence-electron chi connectivity index (χ3n) is 3.38. The maximum atomic E-state index is 12.3. The number of ketones is 1. The molecule has 1 aliphatic rings. The molecule has 2 heterocycles. The van der Waals surface area contributed by atoms with Gasteiger partial charge in [-0.3, -0.25) is 4.79 Å². The molecule has 0 saturated carbocycles. The molecule has 0 aliphatic heterocycles. The van der Waals surface area contributed by atoms with Crippen molar-refractivity contribution in [3.63, 3.8) is 0 Å². The summed E-state index contributed by atoms with van der Waals surface area (Å²) in [6.45, 7) is 0.379. The number of rotatable bonds is 3. The van der Waals surface area contributed by atoms with Crippen LogP contribution in [-0.2, 0) is 19.4 Å². The molecular formula is C13H12Br2N2OS. The third-order valence-corrected chi connectivity index (χ3v) is 5.72. The molecule has 3 nitrogen and oxygen atoms in total. The van der Waals surface area contributed by atoms with Gasteiger partial charge in [-0.25, -0.2) is 4.98 Å². The molecule has 6 heteroatoms. The summed E-state index contributed by atoms with van der Waals surface area (Å²) in [5.74, 6) is 0.125. The van der Waals surface area contributed by atoms with Crippen molar-refractivity contribution < 1.29 is 4.79 Å². The molecule has 0 N–H and O–H groups in total. The molecule has 2 aromatic rings. The van der Waals surface area contributed by atoms with E-state index in [4.69, 9.17) is 0 Å². The highest BCUT2D eigenvalue weighted by atomic mass is 79.9. The molecule has 0 unspecified atom stereocenters. The van der Waals surface area contributed by atoms with Crippen LogP contribution >= 0.6 is 43.2 Å². The fraction of sp³-hybridized carbons (Fsp3) is 0.385. The highest BCUT2D eigenvalue weighted by Gasteiger charge is 2.19. The molecule has 0 atom stereocenters. The maximum absolute atomic E-state index is 12.3. The number of nitrogens with zero attached hydrogens (tertiary/aromatic N) is 2. The van der Waals surface area contributed by atoms with E-state index >= 15 is 0 Å². The third kappa shape index (κ3) is 2.71. The van der Waals surface area contributed by atoms with Crippen LogP contribution in [0, 0.1) is 0 Å². The van der Waals surface area contributed by atoms with Crippen LogP contribution in [0.15, 0.2) is 20.0 Å². The number of aryl methyl sites for hydroxylation is 1. The fourth-order valence-electron chi connectivity index (χ4n) is 2.44. The number of aromatic nitrogens is 2. The Kier molecular flexibility index (Phi) is 3.91. The van der Waals surface area contributed by atoms with Crippen molar-refractivity contribution in [1.82, 2.24) is 9.55 Å². The zero-order chi connectivity index (χ0) is 13.4. The quantitative estimate of drug-likeness (QED) is 0.718. The lowest BCUT2D eigenvalue weighted by molar-refractivity contribution is 0.0970. The van der Waals surface area contributed by atoms with E-state index < -0.39 is 0 Å². The molecule has 2 aromatic heterocycles. The van der Waals surface area contributed by atoms with E-state index in [2.05, 4.69) is 36.8 Å². The van der Waals surface area contributed by atoms with Gasteiger partial charge < -0.3 is 4.57 Å². The minimum absolute atomic E-state index is 0.125. The number of carbonyl (C=O) groups is 1. The van der Waals surface area contributed by atoms with Crippen LogP contribution in [0.4, 0.5) is 0 Å². The van der Waals surface area contributed by atoms with Crippen molar-refractivity contribution in [2.75, 3.05) is 0 Å². The Labute approximate surface area is 132 Å². The van der Waals surface area contributed by atoms with Crippen LogP contribution in [0.1, 0.15) is 34.6 Å². The molecule has 0 fully saturated rings. The Hall–Kier alpha value is -0.460. The molecular weight excluding hydrogens is 392 g/mol. The Balaban J connectivity index is 1.83. The number of carbonyl (C=O) groups excluding carboxylic acids is 1. The Morgan fingerprint density at radius 3 is 2.89 bits per heavy atom. The van der Waals surface area contributed by atoms with Crippen LogP contribution in [0.2, 0.25) is 0 Å². The fourth-order valence-corrected chi connectivity index (χ4v) is 5.29. The standard InChI is InChI=1S/C13H12Br2N2OS/c14-12-5-8(13(15)19-12)11(18)6-17-7-16-9-3-1-2-4-10(9)17/h5,7H,1-4,6H2. The Morgan fingerprint density at radius 1 is 1.37 bits per heavy atom. The smallest absolute Gasteiger partial charge is 0.184 e. The molecule has 0 aromatic carbocycles. The number of thiophene rings is 1. The molecule has 3 rings (SSSR count). The monoisotopic (exact) mass is 402 g/mol. The topological polar surface area (TPSA) is 34.9 Å². The number of imidazole rings is 1. The van der Waals surface area contributed by atoms with Gasteiger partial charge in [-0.1, -0.05) is 0 Å². The Morgan fingerprint density at radius 2 is 2.16 bits per heavy atom. The van der Waals surface area contributed by atoms with Gasteiger partial charge in [0.05, 0.1) is 26.1 Å². The van der Waals surface area contributed by atoms with Crippen molar-refractivity contribution in [2.24, 2.45) is 0 Å². The van der Waals surface area contributed by atoms with Crippen molar-refractivity contribution in [2.45, 2.75) is 32.2 Å².